The van der Waals surface area contributed by atoms with Gasteiger partial charge < -0.3 is 4.90 Å². The van der Waals surface area contributed by atoms with Crippen LogP contribution in [0.15, 0.2) is 24.3 Å². The fourth-order valence-electron chi connectivity index (χ4n) is 1.35. The van der Waals surface area contributed by atoms with Crippen LogP contribution in [0.3, 0.4) is 0 Å². The van der Waals surface area contributed by atoms with Crippen LogP contribution in [0.4, 0.5) is 17.6 Å². The Morgan fingerprint density at radius 2 is 1.89 bits per heavy atom. The maximum Gasteiger partial charge on any atom is 0.454 e. The molecule has 0 aromatic heterocycles. The minimum absolute atomic E-state index is 0.113. The summed E-state index contributed by atoms with van der Waals surface area (Å²) in [6.45, 7) is 0. The third kappa shape index (κ3) is 3.96. The topological polar surface area (TPSA) is 20.3 Å². The molecule has 0 aliphatic rings. The highest BCUT2D eigenvalue weighted by atomic mass is 35.5. The van der Waals surface area contributed by atoms with Crippen molar-refractivity contribution in [1.82, 2.24) is 4.90 Å². The summed E-state index contributed by atoms with van der Waals surface area (Å²) >= 11 is 5.56. The second-order valence-electron chi connectivity index (χ2n) is 3.91. The highest BCUT2D eigenvalue weighted by Gasteiger charge is 2.37. The van der Waals surface area contributed by atoms with Crippen LogP contribution in [0, 0.1) is 5.82 Å². The molecule has 7 heteroatoms. The van der Waals surface area contributed by atoms with Gasteiger partial charge in [0.2, 0.25) is 0 Å². The monoisotopic (exact) mass is 295 g/mol. The molecule has 0 fully saturated rings. The number of benzene rings is 1. The van der Waals surface area contributed by atoms with Crippen LogP contribution in [0.2, 0.25) is 5.02 Å². The smallest absolute Gasteiger partial charge is 0.377 e. The van der Waals surface area contributed by atoms with E-state index < -0.39 is 17.8 Å². The maximum atomic E-state index is 13.7. The first-order valence-corrected chi connectivity index (χ1v) is 5.46. The predicted molar refractivity (Wildman–Crippen MR) is 64.1 cm³/mol. The van der Waals surface area contributed by atoms with E-state index in [1.54, 1.807) is 0 Å². The Kier molecular flexibility index (Phi) is 4.57. The highest BCUT2D eigenvalue weighted by molar-refractivity contribution is 6.30. The van der Waals surface area contributed by atoms with E-state index in [4.69, 9.17) is 11.6 Å². The van der Waals surface area contributed by atoms with Gasteiger partial charge in [-0.2, -0.15) is 13.2 Å². The number of alkyl halides is 3. The molecular formula is C12H10ClF4NO. The van der Waals surface area contributed by atoms with E-state index in [9.17, 15) is 22.4 Å². The van der Waals surface area contributed by atoms with E-state index in [1.165, 1.54) is 31.1 Å². The second-order valence-corrected chi connectivity index (χ2v) is 4.35. The number of allylic oxidation sites excluding steroid dienone is 1. The van der Waals surface area contributed by atoms with Gasteiger partial charge in [-0.15, -0.1) is 0 Å². The first-order chi connectivity index (χ1) is 8.62. The normalized spacial score (nSPS) is 12.5. The van der Waals surface area contributed by atoms with E-state index in [0.29, 0.717) is 6.08 Å². The second kappa shape index (κ2) is 5.61. The van der Waals surface area contributed by atoms with E-state index in [2.05, 4.69) is 0 Å². The molecular weight excluding hydrogens is 286 g/mol. The SMILES string of the molecule is CN(C)C(=CC(=O)C(F)(F)F)c1ccc(Cl)cc1F. The zero-order chi connectivity index (χ0) is 14.8. The van der Waals surface area contributed by atoms with Gasteiger partial charge in [-0.25, -0.2) is 4.39 Å². The number of hydrogen-bond donors (Lipinski definition) is 0. The zero-order valence-electron chi connectivity index (χ0n) is 10.1. The van der Waals surface area contributed by atoms with Crippen molar-refractivity contribution in [2.24, 2.45) is 0 Å². The molecule has 0 bridgehead atoms. The lowest BCUT2D eigenvalue weighted by atomic mass is 10.1. The van der Waals surface area contributed by atoms with Crippen molar-refractivity contribution in [3.8, 4) is 0 Å². The summed E-state index contributed by atoms with van der Waals surface area (Å²) in [7, 11) is 2.81. The van der Waals surface area contributed by atoms with Crippen molar-refractivity contribution < 1.29 is 22.4 Å². The molecule has 0 aliphatic carbocycles. The Labute approximate surface area is 112 Å². The summed E-state index contributed by atoms with van der Waals surface area (Å²) in [6, 6.07) is 3.51. The number of rotatable bonds is 3. The fourth-order valence-corrected chi connectivity index (χ4v) is 1.51. The summed E-state index contributed by atoms with van der Waals surface area (Å²) in [5.74, 6) is -2.85. The zero-order valence-corrected chi connectivity index (χ0v) is 10.8. The van der Waals surface area contributed by atoms with Crippen LogP contribution in [0.25, 0.3) is 5.70 Å². The van der Waals surface area contributed by atoms with Crippen molar-refractivity contribution in [3.63, 3.8) is 0 Å². The van der Waals surface area contributed by atoms with Crippen LogP contribution < -0.4 is 0 Å². The standard InChI is InChI=1S/C12H10ClF4NO/c1-18(2)10(6-11(19)12(15,16)17)8-4-3-7(13)5-9(8)14/h3-6H,1-2H3. The van der Waals surface area contributed by atoms with Crippen LogP contribution in [-0.4, -0.2) is 31.0 Å². The van der Waals surface area contributed by atoms with Crippen molar-refractivity contribution in [2.75, 3.05) is 14.1 Å². The molecule has 1 aromatic rings. The first kappa shape index (κ1) is 15.5. The van der Waals surface area contributed by atoms with Crippen molar-refractivity contribution >= 4 is 23.1 Å². The van der Waals surface area contributed by atoms with Gasteiger partial charge in [0.1, 0.15) is 5.82 Å². The average Bonchev–Trinajstić information content (AvgIpc) is 2.24. The Bertz CT molecular complexity index is 523. The van der Waals surface area contributed by atoms with Crippen molar-refractivity contribution in [1.29, 1.82) is 0 Å². The van der Waals surface area contributed by atoms with E-state index in [0.717, 1.165) is 6.07 Å². The molecule has 0 atom stereocenters. The molecule has 0 N–H and O–H groups in total. The summed E-state index contributed by atoms with van der Waals surface area (Å²) < 4.78 is 50.3. The quantitative estimate of drug-likeness (QED) is 0.628. The molecule has 2 nitrogen and oxygen atoms in total. The van der Waals surface area contributed by atoms with Crippen LogP contribution in [-0.2, 0) is 4.79 Å². The van der Waals surface area contributed by atoms with Gasteiger partial charge in [0.25, 0.3) is 5.78 Å². The molecule has 0 heterocycles. The third-order valence-electron chi connectivity index (χ3n) is 2.24. The van der Waals surface area contributed by atoms with Crippen LogP contribution >= 0.6 is 11.6 Å². The Morgan fingerprint density at radius 3 is 2.32 bits per heavy atom. The third-order valence-corrected chi connectivity index (χ3v) is 2.47. The molecule has 19 heavy (non-hydrogen) atoms. The van der Waals surface area contributed by atoms with E-state index >= 15 is 0 Å². The van der Waals surface area contributed by atoms with Gasteiger partial charge >= 0.3 is 6.18 Å². The number of carbonyl (C=O) groups excluding carboxylic acids is 1. The number of nitrogens with zero attached hydrogens (tertiary/aromatic N) is 1. The molecule has 0 saturated heterocycles. The highest BCUT2D eigenvalue weighted by Crippen LogP contribution is 2.25. The number of hydrogen-bond acceptors (Lipinski definition) is 2. The number of ketones is 1. The van der Waals surface area contributed by atoms with E-state index in [-0.39, 0.29) is 16.3 Å². The molecule has 0 radical (unpaired) electrons. The largest absolute Gasteiger partial charge is 0.454 e. The summed E-state index contributed by atoms with van der Waals surface area (Å²) in [6.07, 6.45) is -4.64. The van der Waals surface area contributed by atoms with Gasteiger partial charge in [0, 0.05) is 30.8 Å². The minimum atomic E-state index is -5.00. The van der Waals surface area contributed by atoms with Gasteiger partial charge in [-0.05, 0) is 18.2 Å². The van der Waals surface area contributed by atoms with Crippen LogP contribution in [0.5, 0.6) is 0 Å². The van der Waals surface area contributed by atoms with Crippen molar-refractivity contribution in [3.05, 3.63) is 40.7 Å². The van der Waals surface area contributed by atoms with Crippen LogP contribution in [0.1, 0.15) is 5.56 Å². The molecule has 104 valence electrons. The average molecular weight is 296 g/mol. The van der Waals surface area contributed by atoms with Gasteiger partial charge in [-0.1, -0.05) is 11.6 Å². The molecule has 0 spiro atoms. The number of carbonyl (C=O) groups is 1. The molecule has 0 unspecified atom stereocenters. The summed E-state index contributed by atoms with van der Waals surface area (Å²) in [5, 5.41) is 0.113. The van der Waals surface area contributed by atoms with E-state index in [1.807, 2.05) is 0 Å². The Balaban J connectivity index is 3.29. The Morgan fingerprint density at radius 1 is 1.32 bits per heavy atom. The maximum absolute atomic E-state index is 13.7. The molecule has 0 saturated carbocycles. The summed E-state index contributed by atoms with van der Waals surface area (Å²) in [4.78, 5) is 12.2. The van der Waals surface area contributed by atoms with Gasteiger partial charge in [0.15, 0.2) is 0 Å². The molecule has 0 aliphatic heterocycles. The molecule has 0 amide bonds. The summed E-state index contributed by atoms with van der Waals surface area (Å²) in [5.41, 5.74) is -0.316. The van der Waals surface area contributed by atoms with Gasteiger partial charge in [0.05, 0.1) is 5.70 Å². The molecule has 1 aromatic carbocycles. The Hall–Kier alpha value is -1.56. The van der Waals surface area contributed by atoms with Crippen molar-refractivity contribution in [2.45, 2.75) is 6.18 Å². The van der Waals surface area contributed by atoms with Gasteiger partial charge in [-0.3, -0.25) is 4.79 Å². The number of halogens is 5. The minimum Gasteiger partial charge on any atom is -0.377 e. The predicted octanol–water partition coefficient (Wildman–Crippen LogP) is 3.51. The lowest BCUT2D eigenvalue weighted by Gasteiger charge is -2.18. The lowest BCUT2D eigenvalue weighted by molar-refractivity contribution is -0.165. The lowest BCUT2D eigenvalue weighted by Crippen LogP contribution is -2.22. The molecule has 1 rings (SSSR count). The fraction of sp³-hybridized carbons (Fsp3) is 0.250. The first-order valence-electron chi connectivity index (χ1n) is 5.08.